The number of halogens is 6. The van der Waals surface area contributed by atoms with Gasteiger partial charge in [0.15, 0.2) is 0 Å². The second-order valence-corrected chi connectivity index (χ2v) is 6.06. The molecule has 4 amide bonds. The number of amides is 4. The van der Waals surface area contributed by atoms with E-state index in [0.717, 1.165) is 24.4 Å². The van der Waals surface area contributed by atoms with Crippen LogP contribution in [-0.2, 0) is 4.79 Å². The minimum atomic E-state index is -5.47. The molecule has 1 aliphatic heterocycles. The SMILES string of the molecule is O=C(NC1(C(F)(F)F)NC(=O)N(c2ccc(OC(F)(F)F)cc2)C1=O)c1cccnc1. The lowest BCUT2D eigenvalue weighted by atomic mass is 10.1. The van der Waals surface area contributed by atoms with E-state index in [9.17, 15) is 40.7 Å². The number of imide groups is 1. The molecule has 1 aromatic carbocycles. The molecule has 31 heavy (non-hydrogen) atoms. The number of hydrogen-bond donors (Lipinski definition) is 2. The van der Waals surface area contributed by atoms with Gasteiger partial charge in [-0.3, -0.25) is 19.9 Å². The normalized spacial score (nSPS) is 19.2. The lowest BCUT2D eigenvalue weighted by Crippen LogP contribution is -2.69. The highest BCUT2D eigenvalue weighted by Crippen LogP contribution is 2.36. The molecule has 0 radical (unpaired) electrons. The highest BCUT2D eigenvalue weighted by Gasteiger charge is 2.69. The van der Waals surface area contributed by atoms with Gasteiger partial charge >= 0.3 is 18.6 Å². The number of aromatic nitrogens is 1. The fourth-order valence-electron chi connectivity index (χ4n) is 2.65. The first-order valence-electron chi connectivity index (χ1n) is 8.16. The molecule has 164 valence electrons. The zero-order valence-electron chi connectivity index (χ0n) is 14.9. The molecule has 0 saturated carbocycles. The summed E-state index contributed by atoms with van der Waals surface area (Å²) in [6.07, 6.45) is -8.29. The average Bonchev–Trinajstić information content (AvgIpc) is 2.92. The van der Waals surface area contributed by atoms with Gasteiger partial charge in [-0.15, -0.1) is 13.2 Å². The van der Waals surface area contributed by atoms with Crippen LogP contribution in [0.4, 0.5) is 36.8 Å². The van der Waals surface area contributed by atoms with Gasteiger partial charge in [-0.2, -0.15) is 13.2 Å². The van der Waals surface area contributed by atoms with Gasteiger partial charge < -0.3 is 10.1 Å². The van der Waals surface area contributed by atoms with Gasteiger partial charge in [0.05, 0.1) is 11.3 Å². The standard InChI is InChI=1S/C17H10F6N4O4/c18-16(19,20)15(25-12(28)9-2-1-7-24-8-9)13(29)27(14(30)26-15)10-3-5-11(6-4-10)31-17(21,22)23/h1-8H,(H,25,28)(H,26,30). The van der Waals surface area contributed by atoms with Crippen LogP contribution in [0.15, 0.2) is 48.8 Å². The molecule has 2 aromatic rings. The predicted octanol–water partition coefficient (Wildman–Crippen LogP) is 2.73. The summed E-state index contributed by atoms with van der Waals surface area (Å²) in [6.45, 7) is 0. The Morgan fingerprint density at radius 3 is 2.23 bits per heavy atom. The third-order valence-corrected chi connectivity index (χ3v) is 4.00. The summed E-state index contributed by atoms with van der Waals surface area (Å²) in [6, 6.07) is 3.78. The molecule has 14 heteroatoms. The van der Waals surface area contributed by atoms with Crippen LogP contribution in [0.2, 0.25) is 0 Å². The van der Waals surface area contributed by atoms with Crippen molar-refractivity contribution in [3.05, 3.63) is 54.4 Å². The van der Waals surface area contributed by atoms with Gasteiger partial charge in [-0.05, 0) is 36.4 Å². The highest BCUT2D eigenvalue weighted by molar-refractivity contribution is 6.24. The van der Waals surface area contributed by atoms with Crippen molar-refractivity contribution in [3.8, 4) is 5.75 Å². The van der Waals surface area contributed by atoms with Crippen LogP contribution in [0.25, 0.3) is 0 Å². The molecule has 1 saturated heterocycles. The molecule has 8 nitrogen and oxygen atoms in total. The number of benzene rings is 1. The molecule has 3 rings (SSSR count). The lowest BCUT2D eigenvalue weighted by Gasteiger charge is -2.29. The lowest BCUT2D eigenvalue weighted by molar-refractivity contribution is -0.274. The third-order valence-electron chi connectivity index (χ3n) is 4.00. The molecule has 0 spiro atoms. The minimum absolute atomic E-state index is 0.0361. The molecular formula is C17H10F6N4O4. The predicted molar refractivity (Wildman–Crippen MR) is 89.6 cm³/mol. The number of urea groups is 1. The van der Waals surface area contributed by atoms with Crippen LogP contribution in [0.3, 0.4) is 0 Å². The number of anilines is 1. The van der Waals surface area contributed by atoms with Gasteiger partial charge in [-0.25, -0.2) is 9.69 Å². The molecule has 1 atom stereocenters. The van der Waals surface area contributed by atoms with Crippen molar-refractivity contribution in [2.24, 2.45) is 0 Å². The monoisotopic (exact) mass is 448 g/mol. The van der Waals surface area contributed by atoms with E-state index < -0.39 is 47.5 Å². The Labute approximate surface area is 168 Å². The summed E-state index contributed by atoms with van der Waals surface area (Å²) in [4.78, 5) is 40.7. The molecular weight excluding hydrogens is 438 g/mol. The van der Waals surface area contributed by atoms with Crippen molar-refractivity contribution < 1.29 is 45.5 Å². The molecule has 1 unspecified atom stereocenters. The second-order valence-electron chi connectivity index (χ2n) is 6.06. The number of nitrogens with one attached hydrogen (secondary N) is 2. The Balaban J connectivity index is 1.93. The van der Waals surface area contributed by atoms with Crippen molar-refractivity contribution in [1.82, 2.24) is 15.6 Å². The maximum atomic E-state index is 13.8. The number of carbonyl (C=O) groups excluding carboxylic acids is 3. The highest BCUT2D eigenvalue weighted by atomic mass is 19.4. The summed E-state index contributed by atoms with van der Waals surface area (Å²) in [5.41, 5.74) is -4.61. The Hall–Kier alpha value is -3.84. The van der Waals surface area contributed by atoms with Crippen LogP contribution in [0.1, 0.15) is 10.4 Å². The number of alkyl halides is 6. The number of pyridine rings is 1. The number of carbonyl (C=O) groups is 3. The Morgan fingerprint density at radius 2 is 1.71 bits per heavy atom. The van der Waals surface area contributed by atoms with Crippen molar-refractivity contribution >= 4 is 23.5 Å². The Bertz CT molecular complexity index is 1010. The third kappa shape index (κ3) is 4.22. The summed E-state index contributed by atoms with van der Waals surface area (Å²) >= 11 is 0. The van der Waals surface area contributed by atoms with E-state index in [4.69, 9.17) is 0 Å². The molecule has 1 aliphatic rings. The van der Waals surface area contributed by atoms with E-state index in [2.05, 4.69) is 9.72 Å². The van der Waals surface area contributed by atoms with Gasteiger partial charge in [0.1, 0.15) is 5.75 Å². The van der Waals surface area contributed by atoms with Crippen LogP contribution in [-0.4, -0.2) is 41.0 Å². The number of ether oxygens (including phenoxy) is 1. The Kier molecular flexibility index (Phi) is 5.25. The van der Waals surface area contributed by atoms with E-state index in [-0.39, 0.29) is 10.5 Å². The fourth-order valence-corrected chi connectivity index (χ4v) is 2.65. The second kappa shape index (κ2) is 7.45. The van der Waals surface area contributed by atoms with Gasteiger partial charge in [0.2, 0.25) is 0 Å². The van der Waals surface area contributed by atoms with Crippen LogP contribution in [0, 0.1) is 0 Å². The summed E-state index contributed by atoms with van der Waals surface area (Å²) < 4.78 is 81.8. The molecule has 1 fully saturated rings. The van der Waals surface area contributed by atoms with Gasteiger partial charge in [0.25, 0.3) is 17.5 Å². The molecule has 0 bridgehead atoms. The maximum absolute atomic E-state index is 13.8. The van der Waals surface area contributed by atoms with E-state index in [1.54, 1.807) is 0 Å². The van der Waals surface area contributed by atoms with Gasteiger partial charge in [0, 0.05) is 12.4 Å². The maximum Gasteiger partial charge on any atom is 0.573 e. The van der Waals surface area contributed by atoms with Crippen molar-refractivity contribution in [3.63, 3.8) is 0 Å². The molecule has 0 aliphatic carbocycles. The zero-order chi connectivity index (χ0) is 23.0. The van der Waals surface area contributed by atoms with Crippen molar-refractivity contribution in [2.75, 3.05) is 4.90 Å². The summed E-state index contributed by atoms with van der Waals surface area (Å²) in [5.74, 6) is -3.99. The van der Waals surface area contributed by atoms with E-state index >= 15 is 0 Å². The minimum Gasteiger partial charge on any atom is -0.406 e. The zero-order valence-corrected chi connectivity index (χ0v) is 14.9. The Morgan fingerprint density at radius 1 is 1.06 bits per heavy atom. The topological polar surface area (TPSA) is 101 Å². The van der Waals surface area contributed by atoms with Crippen LogP contribution < -0.4 is 20.3 Å². The number of hydrogen-bond acceptors (Lipinski definition) is 5. The van der Waals surface area contributed by atoms with Crippen molar-refractivity contribution in [2.45, 2.75) is 18.2 Å². The van der Waals surface area contributed by atoms with Crippen LogP contribution >= 0.6 is 0 Å². The van der Waals surface area contributed by atoms with E-state index in [0.29, 0.717) is 12.1 Å². The molecule has 2 N–H and O–H groups in total. The molecule has 2 heterocycles. The number of nitrogens with zero attached hydrogens (tertiary/aromatic N) is 2. The first-order valence-corrected chi connectivity index (χ1v) is 8.16. The van der Waals surface area contributed by atoms with E-state index in [1.165, 1.54) is 22.9 Å². The summed E-state index contributed by atoms with van der Waals surface area (Å²) in [7, 11) is 0. The van der Waals surface area contributed by atoms with Gasteiger partial charge in [-0.1, -0.05) is 0 Å². The fraction of sp³-hybridized carbons (Fsp3) is 0.176. The van der Waals surface area contributed by atoms with Crippen LogP contribution in [0.5, 0.6) is 5.75 Å². The number of rotatable bonds is 4. The van der Waals surface area contributed by atoms with E-state index in [1.807, 2.05) is 0 Å². The smallest absolute Gasteiger partial charge is 0.406 e. The van der Waals surface area contributed by atoms with Crippen molar-refractivity contribution in [1.29, 1.82) is 0 Å². The first-order chi connectivity index (χ1) is 14.3. The average molecular weight is 448 g/mol. The summed E-state index contributed by atoms with van der Waals surface area (Å²) in [5, 5.41) is 2.88. The first kappa shape index (κ1) is 21.9. The quantitative estimate of drug-likeness (QED) is 0.554. The largest absolute Gasteiger partial charge is 0.573 e. The molecule has 1 aromatic heterocycles.